The number of ether oxygens (including phenoxy) is 1. The summed E-state index contributed by atoms with van der Waals surface area (Å²) in [4.78, 5) is 11.4. The number of hydrogen-bond donors (Lipinski definition) is 0. The molecule has 0 unspecified atom stereocenters. The lowest BCUT2D eigenvalue weighted by Crippen LogP contribution is -2.05. The fourth-order valence-electron chi connectivity index (χ4n) is 1.41. The molecule has 15 heavy (non-hydrogen) atoms. The van der Waals surface area contributed by atoms with Crippen molar-refractivity contribution in [3.05, 3.63) is 46.4 Å². The molecule has 0 amide bonds. The topological polar surface area (TPSA) is 31.2 Å². The number of hydrogen-bond acceptors (Lipinski definition) is 3. The van der Waals surface area contributed by atoms with Crippen LogP contribution in [0, 0.1) is 0 Å². The molecule has 0 N–H and O–H groups in total. The summed E-state index contributed by atoms with van der Waals surface area (Å²) in [6.45, 7) is 0.709. The van der Waals surface area contributed by atoms with Crippen LogP contribution in [0.3, 0.4) is 0 Å². The van der Waals surface area contributed by atoms with Crippen LogP contribution in [0.15, 0.2) is 35.3 Å². The molecular formula is C11H11NO2S. The van der Waals surface area contributed by atoms with Crippen molar-refractivity contribution in [2.45, 2.75) is 6.54 Å². The Bertz CT molecular complexity index is 445. The molecule has 3 nitrogen and oxygen atoms in total. The predicted molar refractivity (Wildman–Crippen MR) is 59.2 cm³/mol. The molecule has 0 spiro atoms. The van der Waals surface area contributed by atoms with Crippen LogP contribution < -0.4 is 0 Å². The summed E-state index contributed by atoms with van der Waals surface area (Å²) in [5.41, 5.74) is 1.67. The van der Waals surface area contributed by atoms with Crippen molar-refractivity contribution in [2.75, 3.05) is 7.11 Å². The average molecular weight is 221 g/mol. The van der Waals surface area contributed by atoms with Gasteiger partial charge >= 0.3 is 5.97 Å². The van der Waals surface area contributed by atoms with E-state index in [9.17, 15) is 4.79 Å². The van der Waals surface area contributed by atoms with Crippen molar-refractivity contribution in [2.24, 2.45) is 0 Å². The molecule has 78 valence electrons. The van der Waals surface area contributed by atoms with Gasteiger partial charge < -0.3 is 9.30 Å². The highest BCUT2D eigenvalue weighted by atomic mass is 32.1. The second kappa shape index (κ2) is 4.31. The predicted octanol–water partition coefficient (Wildman–Crippen LogP) is 2.38. The second-order valence-electron chi connectivity index (χ2n) is 3.16. The van der Waals surface area contributed by atoms with Crippen LogP contribution in [0.25, 0.3) is 0 Å². The highest BCUT2D eigenvalue weighted by molar-refractivity contribution is 7.08. The van der Waals surface area contributed by atoms with Crippen molar-refractivity contribution < 1.29 is 9.53 Å². The van der Waals surface area contributed by atoms with Crippen LogP contribution in [0.2, 0.25) is 0 Å². The number of rotatable bonds is 3. The van der Waals surface area contributed by atoms with Crippen molar-refractivity contribution in [3.8, 4) is 0 Å². The van der Waals surface area contributed by atoms with Gasteiger partial charge in [-0.15, -0.1) is 0 Å². The first-order valence-electron chi connectivity index (χ1n) is 4.55. The minimum absolute atomic E-state index is 0.265. The molecule has 4 heteroatoms. The van der Waals surface area contributed by atoms with Gasteiger partial charge in [0.2, 0.25) is 0 Å². The molecule has 2 aromatic rings. The average Bonchev–Trinajstić information content (AvgIpc) is 2.88. The third-order valence-electron chi connectivity index (χ3n) is 2.17. The largest absolute Gasteiger partial charge is 0.465 e. The molecule has 0 fully saturated rings. The number of thiophene rings is 1. The van der Waals surface area contributed by atoms with Gasteiger partial charge in [-0.1, -0.05) is 0 Å². The molecule has 0 bridgehead atoms. The van der Waals surface area contributed by atoms with Crippen LogP contribution in [0.4, 0.5) is 0 Å². The lowest BCUT2D eigenvalue weighted by atomic mass is 10.2. The molecule has 0 aliphatic carbocycles. The van der Waals surface area contributed by atoms with Gasteiger partial charge in [0.25, 0.3) is 0 Å². The zero-order valence-corrected chi connectivity index (χ0v) is 9.16. The van der Waals surface area contributed by atoms with Crippen molar-refractivity contribution in [1.29, 1.82) is 0 Å². The van der Waals surface area contributed by atoms with Gasteiger partial charge in [-0.25, -0.2) is 4.79 Å². The molecule has 0 atom stereocenters. The standard InChI is InChI=1S/C11H11NO2S/c1-14-11(13)10-8-15-7-9(10)6-12-4-2-3-5-12/h2-5,7-8H,6H2,1H3. The fraction of sp³-hybridized carbons (Fsp3) is 0.182. The van der Waals surface area contributed by atoms with E-state index in [1.165, 1.54) is 18.4 Å². The summed E-state index contributed by atoms with van der Waals surface area (Å²) in [5, 5.41) is 3.80. The van der Waals surface area contributed by atoms with Gasteiger partial charge in [-0.05, 0) is 23.1 Å². The SMILES string of the molecule is COC(=O)c1cscc1Cn1cccc1. The van der Waals surface area contributed by atoms with Gasteiger partial charge in [0.05, 0.1) is 12.7 Å². The van der Waals surface area contributed by atoms with Gasteiger partial charge in [0.15, 0.2) is 0 Å². The molecule has 2 heterocycles. The quantitative estimate of drug-likeness (QED) is 0.745. The first kappa shape index (κ1) is 9.98. The van der Waals surface area contributed by atoms with E-state index < -0.39 is 0 Å². The first-order chi connectivity index (χ1) is 7.31. The number of carbonyl (C=O) groups is 1. The normalized spacial score (nSPS) is 10.2. The highest BCUT2D eigenvalue weighted by Gasteiger charge is 2.12. The maximum atomic E-state index is 11.4. The molecule has 2 rings (SSSR count). The Kier molecular flexibility index (Phi) is 2.87. The number of carbonyl (C=O) groups excluding carboxylic acids is 1. The fourth-order valence-corrected chi connectivity index (χ4v) is 2.22. The number of methoxy groups -OCH3 is 1. The number of nitrogens with zero attached hydrogens (tertiary/aromatic N) is 1. The highest BCUT2D eigenvalue weighted by Crippen LogP contribution is 2.17. The molecule has 0 aliphatic rings. The molecule has 0 radical (unpaired) electrons. The third-order valence-corrected chi connectivity index (χ3v) is 2.96. The number of aromatic nitrogens is 1. The molecule has 0 aromatic carbocycles. The van der Waals surface area contributed by atoms with E-state index in [2.05, 4.69) is 0 Å². The summed E-state index contributed by atoms with van der Waals surface area (Å²) in [5.74, 6) is -0.265. The Labute approximate surface area is 91.9 Å². The van der Waals surface area contributed by atoms with Crippen LogP contribution in [0.1, 0.15) is 15.9 Å². The minimum Gasteiger partial charge on any atom is -0.465 e. The first-order valence-corrected chi connectivity index (χ1v) is 5.49. The van der Waals surface area contributed by atoms with E-state index in [0.29, 0.717) is 12.1 Å². The second-order valence-corrected chi connectivity index (χ2v) is 3.90. The summed E-state index contributed by atoms with van der Waals surface area (Å²) in [6, 6.07) is 3.92. The van der Waals surface area contributed by atoms with Gasteiger partial charge in [0, 0.05) is 24.3 Å². The molecule has 2 aromatic heterocycles. The van der Waals surface area contributed by atoms with Crippen molar-refractivity contribution >= 4 is 17.3 Å². The Balaban J connectivity index is 2.22. The smallest absolute Gasteiger partial charge is 0.339 e. The third kappa shape index (κ3) is 2.10. The molecular weight excluding hydrogens is 210 g/mol. The Morgan fingerprint density at radius 3 is 2.80 bits per heavy atom. The lowest BCUT2D eigenvalue weighted by Gasteiger charge is -2.03. The van der Waals surface area contributed by atoms with Crippen LogP contribution in [0.5, 0.6) is 0 Å². The maximum absolute atomic E-state index is 11.4. The zero-order chi connectivity index (χ0) is 10.7. The minimum atomic E-state index is -0.265. The van der Waals surface area contributed by atoms with E-state index in [1.807, 2.05) is 39.9 Å². The summed E-state index contributed by atoms with van der Waals surface area (Å²) in [7, 11) is 1.40. The van der Waals surface area contributed by atoms with Crippen LogP contribution >= 0.6 is 11.3 Å². The molecule has 0 saturated carbocycles. The summed E-state index contributed by atoms with van der Waals surface area (Å²) < 4.78 is 6.74. The summed E-state index contributed by atoms with van der Waals surface area (Å²) >= 11 is 1.52. The van der Waals surface area contributed by atoms with Gasteiger partial charge in [-0.3, -0.25) is 0 Å². The number of esters is 1. The molecule has 0 saturated heterocycles. The monoisotopic (exact) mass is 221 g/mol. The maximum Gasteiger partial charge on any atom is 0.339 e. The summed E-state index contributed by atoms with van der Waals surface area (Å²) in [6.07, 6.45) is 3.94. The van der Waals surface area contributed by atoms with E-state index in [-0.39, 0.29) is 5.97 Å². The van der Waals surface area contributed by atoms with E-state index in [0.717, 1.165) is 5.56 Å². The zero-order valence-electron chi connectivity index (χ0n) is 8.34. The van der Waals surface area contributed by atoms with Crippen molar-refractivity contribution in [3.63, 3.8) is 0 Å². The van der Waals surface area contributed by atoms with Crippen molar-refractivity contribution in [1.82, 2.24) is 4.57 Å². The van der Waals surface area contributed by atoms with E-state index >= 15 is 0 Å². The Hall–Kier alpha value is -1.55. The molecule has 0 aliphatic heterocycles. The van der Waals surface area contributed by atoms with Gasteiger partial charge in [-0.2, -0.15) is 11.3 Å². The lowest BCUT2D eigenvalue weighted by molar-refractivity contribution is 0.0600. The van der Waals surface area contributed by atoms with Gasteiger partial charge in [0.1, 0.15) is 0 Å². The Morgan fingerprint density at radius 2 is 2.13 bits per heavy atom. The van der Waals surface area contributed by atoms with Crippen LogP contribution in [-0.4, -0.2) is 17.6 Å². The van der Waals surface area contributed by atoms with E-state index in [1.54, 1.807) is 0 Å². The van der Waals surface area contributed by atoms with Crippen LogP contribution in [-0.2, 0) is 11.3 Å². The Morgan fingerprint density at radius 1 is 1.40 bits per heavy atom. The van der Waals surface area contributed by atoms with E-state index in [4.69, 9.17) is 4.74 Å².